The number of amides is 2. The third-order valence-electron chi connectivity index (χ3n) is 4.10. The summed E-state index contributed by atoms with van der Waals surface area (Å²) in [6.45, 7) is 0. The Morgan fingerprint density at radius 2 is 1.70 bits per heavy atom. The fraction of sp³-hybridized carbons (Fsp3) is 0.267. The van der Waals surface area contributed by atoms with E-state index in [2.05, 4.69) is 9.97 Å². The summed E-state index contributed by atoms with van der Waals surface area (Å²) >= 11 is 0. The van der Waals surface area contributed by atoms with Crippen molar-refractivity contribution in [2.45, 2.75) is 12.8 Å². The highest BCUT2D eigenvalue weighted by atomic mass is 16.2. The van der Waals surface area contributed by atoms with Gasteiger partial charge in [0.05, 0.1) is 22.9 Å². The number of imidazole rings is 1. The summed E-state index contributed by atoms with van der Waals surface area (Å²) in [5, 5.41) is 0. The first kappa shape index (κ1) is 11.4. The number of para-hydroxylation sites is 2. The molecule has 2 aromatic rings. The van der Waals surface area contributed by atoms with Gasteiger partial charge in [-0.1, -0.05) is 24.3 Å². The van der Waals surface area contributed by atoms with Crippen LogP contribution in [-0.4, -0.2) is 21.8 Å². The van der Waals surface area contributed by atoms with Crippen LogP contribution >= 0.6 is 0 Å². The summed E-state index contributed by atoms with van der Waals surface area (Å²) in [5.41, 5.74) is 1.59. The molecule has 1 fully saturated rings. The molecule has 0 unspecified atom stereocenters. The van der Waals surface area contributed by atoms with E-state index >= 15 is 0 Å². The van der Waals surface area contributed by atoms with Crippen LogP contribution in [0.15, 0.2) is 36.4 Å². The first-order chi connectivity index (χ1) is 9.75. The minimum absolute atomic E-state index is 0.136. The Labute approximate surface area is 115 Å². The van der Waals surface area contributed by atoms with E-state index in [0.29, 0.717) is 18.8 Å². The lowest BCUT2D eigenvalue weighted by Crippen LogP contribution is -2.31. The van der Waals surface area contributed by atoms with Crippen LogP contribution in [0.25, 0.3) is 11.0 Å². The highest BCUT2D eigenvalue weighted by Gasteiger charge is 2.48. The number of aromatic amines is 1. The molecule has 1 N–H and O–H groups in total. The van der Waals surface area contributed by atoms with Crippen LogP contribution in [0.3, 0.4) is 0 Å². The Kier molecular flexibility index (Phi) is 2.30. The first-order valence-corrected chi connectivity index (χ1v) is 6.73. The number of fused-ring (bicyclic) bond motifs is 2. The van der Waals surface area contributed by atoms with E-state index in [4.69, 9.17) is 0 Å². The van der Waals surface area contributed by atoms with Gasteiger partial charge in [-0.25, -0.2) is 9.88 Å². The third-order valence-corrected chi connectivity index (χ3v) is 4.10. The van der Waals surface area contributed by atoms with Gasteiger partial charge in [0, 0.05) is 0 Å². The van der Waals surface area contributed by atoms with E-state index in [1.807, 2.05) is 36.4 Å². The molecule has 1 aliphatic heterocycles. The third kappa shape index (κ3) is 1.46. The molecule has 1 saturated heterocycles. The Balaban J connectivity index is 1.78. The highest BCUT2D eigenvalue weighted by Crippen LogP contribution is 2.37. The Morgan fingerprint density at radius 3 is 2.35 bits per heavy atom. The number of benzene rings is 1. The minimum Gasteiger partial charge on any atom is -0.323 e. The van der Waals surface area contributed by atoms with Gasteiger partial charge in [-0.3, -0.25) is 9.59 Å². The van der Waals surface area contributed by atoms with E-state index in [-0.39, 0.29) is 23.7 Å². The summed E-state index contributed by atoms with van der Waals surface area (Å²) < 4.78 is 0. The molecule has 0 saturated carbocycles. The zero-order valence-corrected chi connectivity index (χ0v) is 10.7. The maximum absolute atomic E-state index is 12.4. The van der Waals surface area contributed by atoms with Gasteiger partial charge >= 0.3 is 0 Å². The quantitative estimate of drug-likeness (QED) is 0.635. The van der Waals surface area contributed by atoms with Gasteiger partial charge in [0.1, 0.15) is 0 Å². The smallest absolute Gasteiger partial charge is 0.240 e. The minimum atomic E-state index is -0.222. The Morgan fingerprint density at radius 1 is 1.05 bits per heavy atom. The fourth-order valence-electron chi connectivity index (χ4n) is 3.05. The molecule has 2 atom stereocenters. The van der Waals surface area contributed by atoms with E-state index in [1.165, 1.54) is 4.90 Å². The van der Waals surface area contributed by atoms with Gasteiger partial charge in [-0.2, -0.15) is 0 Å². The molecule has 1 aromatic carbocycles. The summed E-state index contributed by atoms with van der Waals surface area (Å²) in [5.74, 6) is -0.371. The zero-order valence-electron chi connectivity index (χ0n) is 10.7. The molecular formula is C15H13N3O2. The predicted octanol–water partition coefficient (Wildman–Crippen LogP) is 2.02. The number of anilines is 1. The number of hydrogen-bond donors (Lipinski definition) is 1. The number of imide groups is 1. The number of aromatic nitrogens is 2. The molecule has 5 heteroatoms. The van der Waals surface area contributed by atoms with Crippen molar-refractivity contribution < 1.29 is 9.59 Å². The SMILES string of the molecule is O=C1[C@H]2CC=CC[C@H]2C(=O)N1c1nc2ccccc2[nH]1. The fourth-order valence-corrected chi connectivity index (χ4v) is 3.05. The largest absolute Gasteiger partial charge is 0.323 e. The lowest BCUT2D eigenvalue weighted by Gasteiger charge is -2.14. The van der Waals surface area contributed by atoms with Crippen LogP contribution in [0.1, 0.15) is 12.8 Å². The number of hydrogen-bond acceptors (Lipinski definition) is 3. The molecule has 0 radical (unpaired) electrons. The highest BCUT2D eigenvalue weighted by molar-refractivity contribution is 6.21. The number of rotatable bonds is 1. The van der Waals surface area contributed by atoms with Crippen LogP contribution in [-0.2, 0) is 9.59 Å². The standard InChI is InChI=1S/C15H13N3O2/c19-13-9-5-1-2-6-10(9)14(20)18(13)15-16-11-7-3-4-8-12(11)17-15/h1-4,7-10H,5-6H2,(H,16,17)/t9-,10+. The first-order valence-electron chi connectivity index (χ1n) is 6.73. The van der Waals surface area contributed by atoms with Gasteiger partial charge in [0.15, 0.2) is 0 Å². The maximum Gasteiger partial charge on any atom is 0.240 e. The van der Waals surface area contributed by atoms with Crippen molar-refractivity contribution in [3.05, 3.63) is 36.4 Å². The molecular weight excluding hydrogens is 254 g/mol. The monoisotopic (exact) mass is 267 g/mol. The second-order valence-electron chi connectivity index (χ2n) is 5.25. The molecule has 0 bridgehead atoms. The zero-order chi connectivity index (χ0) is 13.7. The molecule has 1 aromatic heterocycles. The van der Waals surface area contributed by atoms with E-state index in [9.17, 15) is 9.59 Å². The van der Waals surface area contributed by atoms with E-state index in [0.717, 1.165) is 11.0 Å². The van der Waals surface area contributed by atoms with Gasteiger partial charge in [-0.15, -0.1) is 0 Å². The van der Waals surface area contributed by atoms with Crippen LogP contribution in [0.4, 0.5) is 5.95 Å². The number of nitrogens with zero attached hydrogens (tertiary/aromatic N) is 2. The molecule has 100 valence electrons. The van der Waals surface area contributed by atoms with Crippen molar-refractivity contribution in [1.29, 1.82) is 0 Å². The summed E-state index contributed by atoms with van der Waals surface area (Å²) in [6.07, 6.45) is 5.25. The van der Waals surface area contributed by atoms with Gasteiger partial charge in [-0.05, 0) is 25.0 Å². The second-order valence-corrected chi connectivity index (χ2v) is 5.25. The van der Waals surface area contributed by atoms with E-state index < -0.39 is 0 Å². The molecule has 4 rings (SSSR count). The van der Waals surface area contributed by atoms with Crippen LogP contribution < -0.4 is 4.90 Å². The topological polar surface area (TPSA) is 66.1 Å². The van der Waals surface area contributed by atoms with Gasteiger partial charge in [0.25, 0.3) is 0 Å². The molecule has 2 amide bonds. The predicted molar refractivity (Wildman–Crippen MR) is 73.9 cm³/mol. The van der Waals surface area contributed by atoms with Crippen molar-refractivity contribution >= 4 is 28.8 Å². The van der Waals surface area contributed by atoms with Crippen LogP contribution in [0, 0.1) is 11.8 Å². The van der Waals surface area contributed by atoms with Gasteiger partial charge < -0.3 is 4.98 Å². The second kappa shape index (κ2) is 4.03. The van der Waals surface area contributed by atoms with Crippen LogP contribution in [0.2, 0.25) is 0 Å². The van der Waals surface area contributed by atoms with Crippen molar-refractivity contribution in [1.82, 2.24) is 9.97 Å². The number of carbonyl (C=O) groups excluding carboxylic acids is 2. The van der Waals surface area contributed by atoms with Crippen molar-refractivity contribution in [2.75, 3.05) is 4.90 Å². The summed E-state index contributed by atoms with van der Waals surface area (Å²) in [4.78, 5) is 33.5. The van der Waals surface area contributed by atoms with E-state index in [1.54, 1.807) is 0 Å². The normalized spacial score (nSPS) is 25.5. The molecule has 1 aliphatic carbocycles. The summed E-state index contributed by atoms with van der Waals surface area (Å²) in [7, 11) is 0. The Bertz CT molecular complexity index is 687. The lowest BCUT2D eigenvalue weighted by atomic mass is 9.85. The number of H-pyrrole nitrogens is 1. The number of carbonyl (C=O) groups is 2. The van der Waals surface area contributed by atoms with Gasteiger partial charge in [0.2, 0.25) is 17.8 Å². The average Bonchev–Trinajstić information content (AvgIpc) is 3.00. The molecule has 5 nitrogen and oxygen atoms in total. The molecule has 20 heavy (non-hydrogen) atoms. The van der Waals surface area contributed by atoms with Crippen molar-refractivity contribution in [3.8, 4) is 0 Å². The Hall–Kier alpha value is -2.43. The number of allylic oxidation sites excluding steroid dienone is 2. The maximum atomic E-state index is 12.4. The summed E-state index contributed by atoms with van der Waals surface area (Å²) in [6, 6.07) is 7.51. The lowest BCUT2D eigenvalue weighted by molar-refractivity contribution is -0.122. The van der Waals surface area contributed by atoms with Crippen LogP contribution in [0.5, 0.6) is 0 Å². The van der Waals surface area contributed by atoms with Crippen molar-refractivity contribution in [2.24, 2.45) is 11.8 Å². The molecule has 2 heterocycles. The number of nitrogens with one attached hydrogen (secondary N) is 1. The van der Waals surface area contributed by atoms with Crippen molar-refractivity contribution in [3.63, 3.8) is 0 Å². The molecule has 0 spiro atoms. The average molecular weight is 267 g/mol. The molecule has 2 aliphatic rings.